The van der Waals surface area contributed by atoms with E-state index in [4.69, 9.17) is 0 Å². The normalized spacial score (nSPS) is 24.7. The molecular weight excluding hydrogens is 148 g/mol. The monoisotopic (exact) mass is 168 g/mol. The third kappa shape index (κ3) is 2.24. The molecule has 1 N–H and O–H groups in total. The van der Waals surface area contributed by atoms with Crippen molar-refractivity contribution in [1.82, 2.24) is 10.2 Å². The first-order chi connectivity index (χ1) is 5.61. The molecule has 1 fully saturated rings. The summed E-state index contributed by atoms with van der Waals surface area (Å²) in [5, 5.41) is 3.42. The summed E-state index contributed by atoms with van der Waals surface area (Å²) in [7, 11) is 0. The number of rotatable bonds is 2. The molecule has 1 unspecified atom stereocenters. The highest BCUT2D eigenvalue weighted by molar-refractivity contribution is 4.99. The van der Waals surface area contributed by atoms with Crippen LogP contribution in [0, 0.1) is 5.92 Å². The standard InChI is InChI=1S/C10H20N2/c1-8(2)10(4)12-6-5-11-9(3)7-12/h8-9,11H,4-7H2,1-3H3. The van der Waals surface area contributed by atoms with Crippen LogP contribution in [0.4, 0.5) is 0 Å². The van der Waals surface area contributed by atoms with Crippen LogP contribution in [0.25, 0.3) is 0 Å². The molecule has 0 aliphatic carbocycles. The van der Waals surface area contributed by atoms with Gasteiger partial charge in [0, 0.05) is 31.4 Å². The lowest BCUT2D eigenvalue weighted by molar-refractivity contribution is 0.239. The van der Waals surface area contributed by atoms with Gasteiger partial charge < -0.3 is 10.2 Å². The van der Waals surface area contributed by atoms with Gasteiger partial charge in [-0.2, -0.15) is 0 Å². The van der Waals surface area contributed by atoms with E-state index in [0.717, 1.165) is 19.6 Å². The Morgan fingerprint density at radius 3 is 2.75 bits per heavy atom. The second-order valence-electron chi connectivity index (χ2n) is 3.95. The SMILES string of the molecule is C=C(C(C)C)N1CCNC(C)C1. The van der Waals surface area contributed by atoms with E-state index in [1.165, 1.54) is 5.70 Å². The second kappa shape index (κ2) is 3.94. The van der Waals surface area contributed by atoms with Crippen molar-refractivity contribution >= 4 is 0 Å². The van der Waals surface area contributed by atoms with Gasteiger partial charge >= 0.3 is 0 Å². The minimum Gasteiger partial charge on any atom is -0.372 e. The number of piperazine rings is 1. The molecule has 0 bridgehead atoms. The van der Waals surface area contributed by atoms with Gasteiger partial charge in [-0.25, -0.2) is 0 Å². The van der Waals surface area contributed by atoms with Crippen LogP contribution in [0.3, 0.4) is 0 Å². The summed E-state index contributed by atoms with van der Waals surface area (Å²) in [6.45, 7) is 14.1. The van der Waals surface area contributed by atoms with Crippen molar-refractivity contribution in [2.75, 3.05) is 19.6 Å². The number of nitrogens with one attached hydrogen (secondary N) is 1. The lowest BCUT2D eigenvalue weighted by atomic mass is 10.1. The molecule has 1 atom stereocenters. The molecule has 1 heterocycles. The maximum atomic E-state index is 4.11. The quantitative estimate of drug-likeness (QED) is 0.671. The Hall–Kier alpha value is -0.500. The van der Waals surface area contributed by atoms with E-state index in [1.807, 2.05) is 0 Å². The molecule has 0 aromatic carbocycles. The molecule has 2 nitrogen and oxygen atoms in total. The van der Waals surface area contributed by atoms with Gasteiger partial charge in [0.05, 0.1) is 0 Å². The Morgan fingerprint density at radius 1 is 1.58 bits per heavy atom. The average Bonchev–Trinajstić information content (AvgIpc) is 2.03. The zero-order valence-electron chi connectivity index (χ0n) is 8.43. The van der Waals surface area contributed by atoms with Crippen molar-refractivity contribution in [3.05, 3.63) is 12.3 Å². The number of nitrogens with zero attached hydrogens (tertiary/aromatic N) is 1. The molecular formula is C10H20N2. The Morgan fingerprint density at radius 2 is 2.25 bits per heavy atom. The van der Waals surface area contributed by atoms with E-state index in [-0.39, 0.29) is 0 Å². The van der Waals surface area contributed by atoms with E-state index in [1.54, 1.807) is 0 Å². The molecule has 0 aromatic heterocycles. The topological polar surface area (TPSA) is 15.3 Å². The lowest BCUT2D eigenvalue weighted by Gasteiger charge is -2.36. The molecule has 1 rings (SSSR count). The van der Waals surface area contributed by atoms with Gasteiger partial charge in [0.15, 0.2) is 0 Å². The average molecular weight is 168 g/mol. The summed E-state index contributed by atoms with van der Waals surface area (Å²) >= 11 is 0. The predicted octanol–water partition coefficient (Wildman–Crippen LogP) is 1.45. The van der Waals surface area contributed by atoms with Gasteiger partial charge in [0.2, 0.25) is 0 Å². The van der Waals surface area contributed by atoms with Gasteiger partial charge in [0.25, 0.3) is 0 Å². The van der Waals surface area contributed by atoms with Gasteiger partial charge in [-0.3, -0.25) is 0 Å². The smallest absolute Gasteiger partial charge is 0.0326 e. The third-order valence-electron chi connectivity index (χ3n) is 2.44. The van der Waals surface area contributed by atoms with Crippen LogP contribution in [0.5, 0.6) is 0 Å². The Bertz CT molecular complexity index is 163. The maximum absolute atomic E-state index is 4.11. The predicted molar refractivity (Wildman–Crippen MR) is 53.0 cm³/mol. The third-order valence-corrected chi connectivity index (χ3v) is 2.44. The molecule has 0 radical (unpaired) electrons. The number of allylic oxidation sites excluding steroid dienone is 1. The summed E-state index contributed by atoms with van der Waals surface area (Å²) in [6, 6.07) is 0.606. The summed E-state index contributed by atoms with van der Waals surface area (Å²) in [5.41, 5.74) is 1.28. The summed E-state index contributed by atoms with van der Waals surface area (Å²) in [5.74, 6) is 0.579. The molecule has 1 aliphatic heterocycles. The zero-order chi connectivity index (χ0) is 9.14. The van der Waals surface area contributed by atoms with E-state index < -0.39 is 0 Å². The Labute approximate surface area is 75.6 Å². The molecule has 1 aliphatic rings. The van der Waals surface area contributed by atoms with Crippen LogP contribution < -0.4 is 5.32 Å². The maximum Gasteiger partial charge on any atom is 0.0326 e. The first kappa shape index (κ1) is 9.59. The molecule has 0 spiro atoms. The highest BCUT2D eigenvalue weighted by Gasteiger charge is 2.17. The van der Waals surface area contributed by atoms with Gasteiger partial charge in [0.1, 0.15) is 0 Å². The molecule has 12 heavy (non-hydrogen) atoms. The minimum atomic E-state index is 0.579. The number of hydrogen-bond donors (Lipinski definition) is 1. The van der Waals surface area contributed by atoms with Crippen molar-refractivity contribution in [1.29, 1.82) is 0 Å². The highest BCUT2D eigenvalue weighted by Crippen LogP contribution is 2.14. The minimum absolute atomic E-state index is 0.579. The first-order valence-corrected chi connectivity index (χ1v) is 4.78. The van der Waals surface area contributed by atoms with E-state index in [9.17, 15) is 0 Å². The molecule has 2 heteroatoms. The fraction of sp³-hybridized carbons (Fsp3) is 0.800. The van der Waals surface area contributed by atoms with Crippen LogP contribution in [-0.4, -0.2) is 30.6 Å². The van der Waals surface area contributed by atoms with Crippen molar-refractivity contribution < 1.29 is 0 Å². The second-order valence-corrected chi connectivity index (χ2v) is 3.95. The summed E-state index contributed by atoms with van der Waals surface area (Å²) in [6.07, 6.45) is 0. The zero-order valence-corrected chi connectivity index (χ0v) is 8.43. The van der Waals surface area contributed by atoms with E-state index in [2.05, 4.69) is 37.6 Å². The summed E-state index contributed by atoms with van der Waals surface area (Å²) in [4.78, 5) is 2.39. The van der Waals surface area contributed by atoms with E-state index in [0.29, 0.717) is 12.0 Å². The van der Waals surface area contributed by atoms with Crippen LogP contribution >= 0.6 is 0 Å². The molecule has 1 saturated heterocycles. The van der Waals surface area contributed by atoms with Crippen LogP contribution in [0.1, 0.15) is 20.8 Å². The van der Waals surface area contributed by atoms with Gasteiger partial charge in [-0.05, 0) is 12.8 Å². The van der Waals surface area contributed by atoms with Crippen LogP contribution in [0.15, 0.2) is 12.3 Å². The first-order valence-electron chi connectivity index (χ1n) is 4.78. The van der Waals surface area contributed by atoms with E-state index >= 15 is 0 Å². The van der Waals surface area contributed by atoms with Crippen molar-refractivity contribution in [2.24, 2.45) is 5.92 Å². The summed E-state index contributed by atoms with van der Waals surface area (Å²) < 4.78 is 0. The molecule has 70 valence electrons. The van der Waals surface area contributed by atoms with Gasteiger partial charge in [-0.15, -0.1) is 0 Å². The van der Waals surface area contributed by atoms with Crippen LogP contribution in [0.2, 0.25) is 0 Å². The largest absolute Gasteiger partial charge is 0.372 e. The Kier molecular flexibility index (Phi) is 3.15. The molecule has 0 amide bonds. The van der Waals surface area contributed by atoms with Crippen molar-refractivity contribution in [3.63, 3.8) is 0 Å². The Balaban J connectivity index is 2.46. The fourth-order valence-corrected chi connectivity index (χ4v) is 1.56. The lowest BCUT2D eigenvalue weighted by Crippen LogP contribution is -2.49. The highest BCUT2D eigenvalue weighted by atomic mass is 15.2. The molecule has 0 aromatic rings. The molecule has 0 saturated carbocycles. The fourth-order valence-electron chi connectivity index (χ4n) is 1.56. The van der Waals surface area contributed by atoms with Crippen molar-refractivity contribution in [2.45, 2.75) is 26.8 Å². The number of hydrogen-bond acceptors (Lipinski definition) is 2. The van der Waals surface area contributed by atoms with Crippen LogP contribution in [-0.2, 0) is 0 Å². The van der Waals surface area contributed by atoms with Crippen molar-refractivity contribution in [3.8, 4) is 0 Å². The van der Waals surface area contributed by atoms with Gasteiger partial charge in [-0.1, -0.05) is 20.4 Å².